The highest BCUT2D eigenvalue weighted by Crippen LogP contribution is 2.08. The number of guanidine groups is 1. The molecule has 0 aromatic rings. The van der Waals surface area contributed by atoms with Crippen LogP contribution in [0.3, 0.4) is 0 Å². The Labute approximate surface area is 102 Å². The Morgan fingerprint density at radius 1 is 1.41 bits per heavy atom. The normalized spacial score (nSPS) is 17.0. The fourth-order valence-electron chi connectivity index (χ4n) is 1.73. The third-order valence-corrected chi connectivity index (χ3v) is 2.71. The molecule has 17 heavy (non-hydrogen) atoms. The quantitative estimate of drug-likeness (QED) is 0.389. The largest absolute Gasteiger partial charge is 0.383 e. The summed E-state index contributed by atoms with van der Waals surface area (Å²) in [7, 11) is 1.62. The van der Waals surface area contributed by atoms with Crippen LogP contribution < -0.4 is 11.1 Å². The van der Waals surface area contributed by atoms with Crippen molar-refractivity contribution in [3.05, 3.63) is 0 Å². The minimum atomic E-state index is 0.0567. The lowest BCUT2D eigenvalue weighted by Crippen LogP contribution is -2.39. The minimum absolute atomic E-state index is 0.0567. The SMILES string of the molecule is COCCNC(N)=NCC(=O)N1CCCCC1. The summed E-state index contributed by atoms with van der Waals surface area (Å²) in [6.45, 7) is 3.00. The first-order valence-corrected chi connectivity index (χ1v) is 6.04. The number of rotatable bonds is 5. The van der Waals surface area contributed by atoms with Gasteiger partial charge in [-0.05, 0) is 19.3 Å². The first-order chi connectivity index (χ1) is 8.24. The number of piperidine rings is 1. The van der Waals surface area contributed by atoms with Gasteiger partial charge in [-0.2, -0.15) is 0 Å². The van der Waals surface area contributed by atoms with Crippen molar-refractivity contribution in [1.82, 2.24) is 10.2 Å². The molecule has 1 heterocycles. The van der Waals surface area contributed by atoms with E-state index in [1.54, 1.807) is 7.11 Å². The maximum atomic E-state index is 11.7. The van der Waals surface area contributed by atoms with Crippen LogP contribution in [0.1, 0.15) is 19.3 Å². The van der Waals surface area contributed by atoms with E-state index in [1.807, 2.05) is 4.90 Å². The van der Waals surface area contributed by atoms with Crippen LogP contribution >= 0.6 is 0 Å². The molecule has 0 bridgehead atoms. The summed E-state index contributed by atoms with van der Waals surface area (Å²) in [6.07, 6.45) is 3.40. The predicted octanol–water partition coefficient (Wildman–Crippen LogP) is -0.450. The molecule has 0 radical (unpaired) electrons. The topological polar surface area (TPSA) is 80.0 Å². The number of hydrogen-bond donors (Lipinski definition) is 2. The lowest BCUT2D eigenvalue weighted by Gasteiger charge is -2.26. The molecule has 1 fully saturated rings. The van der Waals surface area contributed by atoms with E-state index in [-0.39, 0.29) is 12.5 Å². The first-order valence-electron chi connectivity index (χ1n) is 6.04. The standard InChI is InChI=1S/C11H22N4O2/c1-17-8-5-13-11(12)14-9-10(16)15-6-3-2-4-7-15/h2-9H2,1H3,(H3,12,13,14). The molecule has 3 N–H and O–H groups in total. The molecule has 98 valence electrons. The van der Waals surface area contributed by atoms with E-state index in [0.29, 0.717) is 19.1 Å². The first kappa shape index (κ1) is 13.8. The average Bonchev–Trinajstić information content (AvgIpc) is 2.37. The minimum Gasteiger partial charge on any atom is -0.383 e. The molecule has 1 aliphatic heterocycles. The third-order valence-electron chi connectivity index (χ3n) is 2.71. The Morgan fingerprint density at radius 2 is 2.12 bits per heavy atom. The highest BCUT2D eigenvalue weighted by molar-refractivity contribution is 5.84. The molecule has 0 aliphatic carbocycles. The summed E-state index contributed by atoms with van der Waals surface area (Å²) in [5, 5.41) is 2.87. The van der Waals surface area contributed by atoms with Gasteiger partial charge in [-0.25, -0.2) is 4.99 Å². The van der Waals surface area contributed by atoms with Gasteiger partial charge in [0.05, 0.1) is 6.61 Å². The van der Waals surface area contributed by atoms with Gasteiger partial charge in [-0.3, -0.25) is 4.79 Å². The summed E-state index contributed by atoms with van der Waals surface area (Å²) in [4.78, 5) is 17.6. The van der Waals surface area contributed by atoms with E-state index in [1.165, 1.54) is 6.42 Å². The van der Waals surface area contributed by atoms with Crippen LogP contribution in [0.2, 0.25) is 0 Å². The summed E-state index contributed by atoms with van der Waals surface area (Å²) in [5.74, 6) is 0.355. The number of nitrogens with zero attached hydrogens (tertiary/aromatic N) is 2. The summed E-state index contributed by atoms with van der Waals surface area (Å²) in [5.41, 5.74) is 5.60. The zero-order chi connectivity index (χ0) is 12.5. The predicted molar refractivity (Wildman–Crippen MR) is 66.8 cm³/mol. The molecular weight excluding hydrogens is 220 g/mol. The lowest BCUT2D eigenvalue weighted by molar-refractivity contribution is -0.130. The molecule has 6 nitrogen and oxygen atoms in total. The summed E-state index contributed by atoms with van der Waals surface area (Å²) in [6, 6.07) is 0. The Kier molecular flexibility index (Phi) is 6.39. The Balaban J connectivity index is 2.22. The molecule has 0 atom stereocenters. The van der Waals surface area contributed by atoms with E-state index in [4.69, 9.17) is 10.5 Å². The van der Waals surface area contributed by atoms with Gasteiger partial charge >= 0.3 is 0 Å². The van der Waals surface area contributed by atoms with Gasteiger partial charge in [0, 0.05) is 26.7 Å². The number of carbonyl (C=O) groups is 1. The van der Waals surface area contributed by atoms with Crippen molar-refractivity contribution >= 4 is 11.9 Å². The van der Waals surface area contributed by atoms with Crippen molar-refractivity contribution in [2.75, 3.05) is 39.9 Å². The lowest BCUT2D eigenvalue weighted by atomic mass is 10.1. The number of likely N-dealkylation sites (tertiary alicyclic amines) is 1. The van der Waals surface area contributed by atoms with Crippen molar-refractivity contribution in [1.29, 1.82) is 0 Å². The fraction of sp³-hybridized carbons (Fsp3) is 0.818. The molecule has 0 aromatic heterocycles. The number of nitrogens with two attached hydrogens (primary N) is 1. The smallest absolute Gasteiger partial charge is 0.244 e. The van der Waals surface area contributed by atoms with Gasteiger partial charge in [0.15, 0.2) is 5.96 Å². The zero-order valence-electron chi connectivity index (χ0n) is 10.4. The molecule has 1 saturated heterocycles. The van der Waals surface area contributed by atoms with Crippen molar-refractivity contribution < 1.29 is 9.53 Å². The molecule has 0 spiro atoms. The van der Waals surface area contributed by atoms with Crippen molar-refractivity contribution in [2.24, 2.45) is 10.7 Å². The monoisotopic (exact) mass is 242 g/mol. The second kappa shape index (κ2) is 7.89. The van der Waals surface area contributed by atoms with Crippen LogP contribution in [-0.4, -0.2) is 56.7 Å². The highest BCUT2D eigenvalue weighted by Gasteiger charge is 2.15. The van der Waals surface area contributed by atoms with Crippen LogP contribution in [0.15, 0.2) is 4.99 Å². The van der Waals surface area contributed by atoms with Crippen molar-refractivity contribution in [2.45, 2.75) is 19.3 Å². The van der Waals surface area contributed by atoms with Crippen molar-refractivity contribution in [3.63, 3.8) is 0 Å². The average molecular weight is 242 g/mol. The van der Waals surface area contributed by atoms with Crippen LogP contribution in [0.25, 0.3) is 0 Å². The number of hydrogen-bond acceptors (Lipinski definition) is 3. The van der Waals surface area contributed by atoms with E-state index < -0.39 is 0 Å². The molecule has 0 saturated carbocycles. The van der Waals surface area contributed by atoms with Gasteiger partial charge < -0.3 is 20.7 Å². The number of amides is 1. The van der Waals surface area contributed by atoms with E-state index >= 15 is 0 Å². The fourth-order valence-corrected chi connectivity index (χ4v) is 1.73. The second-order valence-corrected chi connectivity index (χ2v) is 4.06. The van der Waals surface area contributed by atoms with Crippen LogP contribution in [-0.2, 0) is 9.53 Å². The van der Waals surface area contributed by atoms with Crippen LogP contribution in [0.4, 0.5) is 0 Å². The summed E-state index contributed by atoms with van der Waals surface area (Å²) < 4.78 is 4.86. The Bertz CT molecular complexity index is 262. The molecule has 1 rings (SSSR count). The Hall–Kier alpha value is -1.30. The molecule has 0 unspecified atom stereocenters. The van der Waals surface area contributed by atoms with Gasteiger partial charge in [0.2, 0.25) is 5.91 Å². The number of nitrogens with one attached hydrogen (secondary N) is 1. The van der Waals surface area contributed by atoms with Gasteiger partial charge in [-0.15, -0.1) is 0 Å². The van der Waals surface area contributed by atoms with E-state index in [2.05, 4.69) is 10.3 Å². The molecule has 1 aliphatic rings. The van der Waals surface area contributed by atoms with Crippen LogP contribution in [0.5, 0.6) is 0 Å². The van der Waals surface area contributed by atoms with E-state index in [9.17, 15) is 4.79 Å². The number of methoxy groups -OCH3 is 1. The van der Waals surface area contributed by atoms with Crippen LogP contribution in [0, 0.1) is 0 Å². The highest BCUT2D eigenvalue weighted by atomic mass is 16.5. The van der Waals surface area contributed by atoms with Gasteiger partial charge in [0.25, 0.3) is 0 Å². The zero-order valence-corrected chi connectivity index (χ0v) is 10.4. The Morgan fingerprint density at radius 3 is 2.76 bits per heavy atom. The maximum absolute atomic E-state index is 11.7. The van der Waals surface area contributed by atoms with Gasteiger partial charge in [-0.1, -0.05) is 0 Å². The second-order valence-electron chi connectivity index (χ2n) is 4.06. The summed E-state index contributed by atoms with van der Waals surface area (Å²) >= 11 is 0. The number of ether oxygens (including phenoxy) is 1. The number of carbonyl (C=O) groups excluding carboxylic acids is 1. The number of aliphatic imine (C=N–C) groups is 1. The maximum Gasteiger partial charge on any atom is 0.244 e. The molecule has 0 aromatic carbocycles. The molecule has 6 heteroatoms. The van der Waals surface area contributed by atoms with Gasteiger partial charge in [0.1, 0.15) is 6.54 Å². The van der Waals surface area contributed by atoms with Crippen molar-refractivity contribution in [3.8, 4) is 0 Å². The molecule has 1 amide bonds. The third kappa shape index (κ3) is 5.53. The molecular formula is C11H22N4O2. The van der Waals surface area contributed by atoms with E-state index in [0.717, 1.165) is 25.9 Å².